The number of hydrogen-bond donors (Lipinski definition) is 2. The van der Waals surface area contributed by atoms with Crippen molar-refractivity contribution in [3.8, 4) is 0 Å². The van der Waals surface area contributed by atoms with Gasteiger partial charge in [-0.05, 0) is 30.9 Å². The maximum absolute atomic E-state index is 12.5. The molecule has 1 aliphatic rings. The zero-order valence-corrected chi connectivity index (χ0v) is 9.82. The molecule has 5 heteroatoms. The second-order valence-electron chi connectivity index (χ2n) is 4.69. The maximum atomic E-state index is 12.5. The van der Waals surface area contributed by atoms with Gasteiger partial charge in [-0.15, -0.1) is 0 Å². The quantitative estimate of drug-likeness (QED) is 0.855. The van der Waals surface area contributed by atoms with Crippen LogP contribution in [-0.2, 0) is 0 Å². The highest BCUT2D eigenvalue weighted by Crippen LogP contribution is 2.35. The number of hydrogen-bond acceptors (Lipinski definition) is 2. The van der Waals surface area contributed by atoms with Gasteiger partial charge in [0.15, 0.2) is 6.10 Å². The highest BCUT2D eigenvalue weighted by Gasteiger charge is 2.44. The number of aliphatic hydroxyl groups is 1. The lowest BCUT2D eigenvalue weighted by Crippen LogP contribution is -2.42. The first-order chi connectivity index (χ1) is 8.48. The van der Waals surface area contributed by atoms with E-state index >= 15 is 0 Å². The SMILES string of the molecule is OC([C@@H]1CCN[C@H](c2ccccc2)C1)C(F)(F)F. The molecule has 0 aromatic heterocycles. The van der Waals surface area contributed by atoms with Gasteiger partial charge in [0.05, 0.1) is 0 Å². The molecular weight excluding hydrogens is 243 g/mol. The molecule has 18 heavy (non-hydrogen) atoms. The molecule has 0 spiro atoms. The summed E-state index contributed by atoms with van der Waals surface area (Å²) in [5, 5.41) is 12.5. The van der Waals surface area contributed by atoms with Crippen LogP contribution < -0.4 is 5.32 Å². The van der Waals surface area contributed by atoms with E-state index in [1.165, 1.54) is 0 Å². The summed E-state index contributed by atoms with van der Waals surface area (Å²) in [5.74, 6) is -0.726. The first-order valence-electron chi connectivity index (χ1n) is 6.01. The Labute approximate surface area is 104 Å². The van der Waals surface area contributed by atoms with Crippen LogP contribution in [0.25, 0.3) is 0 Å². The molecule has 0 saturated carbocycles. The van der Waals surface area contributed by atoms with Crippen LogP contribution in [0.1, 0.15) is 24.4 Å². The molecule has 1 unspecified atom stereocenters. The zero-order valence-electron chi connectivity index (χ0n) is 9.82. The summed E-state index contributed by atoms with van der Waals surface area (Å²) in [4.78, 5) is 0. The van der Waals surface area contributed by atoms with Crippen molar-refractivity contribution in [2.45, 2.75) is 31.2 Å². The first-order valence-corrected chi connectivity index (χ1v) is 6.01. The average Bonchev–Trinajstić information content (AvgIpc) is 2.38. The highest BCUT2D eigenvalue weighted by atomic mass is 19.4. The lowest BCUT2D eigenvalue weighted by Gasteiger charge is -2.34. The van der Waals surface area contributed by atoms with Crippen LogP contribution >= 0.6 is 0 Å². The van der Waals surface area contributed by atoms with E-state index < -0.39 is 18.2 Å². The summed E-state index contributed by atoms with van der Waals surface area (Å²) in [6.07, 6.45) is -6.08. The molecule has 1 saturated heterocycles. The molecule has 0 bridgehead atoms. The Morgan fingerprint density at radius 3 is 2.50 bits per heavy atom. The van der Waals surface area contributed by atoms with Crippen molar-refractivity contribution in [1.29, 1.82) is 0 Å². The third-order valence-electron chi connectivity index (χ3n) is 3.43. The van der Waals surface area contributed by atoms with Crippen LogP contribution in [0.5, 0.6) is 0 Å². The van der Waals surface area contributed by atoms with Gasteiger partial charge in [0.2, 0.25) is 0 Å². The van der Waals surface area contributed by atoms with E-state index in [0.29, 0.717) is 19.4 Å². The average molecular weight is 259 g/mol. The van der Waals surface area contributed by atoms with Gasteiger partial charge in [-0.25, -0.2) is 0 Å². The molecule has 0 aliphatic carbocycles. The normalized spacial score (nSPS) is 26.9. The second-order valence-corrected chi connectivity index (χ2v) is 4.69. The largest absolute Gasteiger partial charge is 0.414 e. The van der Waals surface area contributed by atoms with Crippen LogP contribution in [-0.4, -0.2) is 23.9 Å². The van der Waals surface area contributed by atoms with Gasteiger partial charge >= 0.3 is 6.18 Å². The van der Waals surface area contributed by atoms with Crippen molar-refractivity contribution in [3.63, 3.8) is 0 Å². The van der Waals surface area contributed by atoms with E-state index in [9.17, 15) is 18.3 Å². The minimum atomic E-state index is -4.52. The number of aliphatic hydroxyl groups excluding tert-OH is 1. The summed E-state index contributed by atoms with van der Waals surface area (Å²) in [6, 6.07) is 9.26. The van der Waals surface area contributed by atoms with Gasteiger partial charge in [-0.3, -0.25) is 0 Å². The Bertz CT molecular complexity index is 380. The van der Waals surface area contributed by atoms with Crippen LogP contribution in [0.2, 0.25) is 0 Å². The predicted octanol–water partition coefficient (Wildman–Crippen LogP) is 2.65. The number of piperidine rings is 1. The summed E-state index contributed by atoms with van der Waals surface area (Å²) in [7, 11) is 0. The van der Waals surface area contributed by atoms with Crippen molar-refractivity contribution in [2.75, 3.05) is 6.54 Å². The van der Waals surface area contributed by atoms with Crippen LogP contribution in [0, 0.1) is 5.92 Å². The lowest BCUT2D eigenvalue weighted by molar-refractivity contribution is -0.222. The standard InChI is InChI=1S/C13H16F3NO/c14-13(15,16)12(18)10-6-7-17-11(8-10)9-4-2-1-3-5-9/h1-5,10-12,17-18H,6-8H2/t10-,11+,12?/m1/s1. The summed E-state index contributed by atoms with van der Waals surface area (Å²) >= 11 is 0. The Balaban J connectivity index is 2.05. The van der Waals surface area contributed by atoms with E-state index in [2.05, 4.69) is 5.32 Å². The smallest absolute Gasteiger partial charge is 0.383 e. The van der Waals surface area contributed by atoms with Crippen molar-refractivity contribution in [3.05, 3.63) is 35.9 Å². The fourth-order valence-corrected chi connectivity index (χ4v) is 2.44. The first kappa shape index (κ1) is 13.4. The van der Waals surface area contributed by atoms with Crippen molar-refractivity contribution in [1.82, 2.24) is 5.32 Å². The fourth-order valence-electron chi connectivity index (χ4n) is 2.44. The number of nitrogens with one attached hydrogen (secondary N) is 1. The Morgan fingerprint density at radius 2 is 1.89 bits per heavy atom. The van der Waals surface area contributed by atoms with Crippen LogP contribution in [0.15, 0.2) is 30.3 Å². The predicted molar refractivity (Wildman–Crippen MR) is 62.0 cm³/mol. The maximum Gasteiger partial charge on any atom is 0.414 e. The van der Waals surface area contributed by atoms with Crippen LogP contribution in [0.4, 0.5) is 13.2 Å². The highest BCUT2D eigenvalue weighted by molar-refractivity contribution is 5.19. The second kappa shape index (κ2) is 5.28. The molecule has 2 nitrogen and oxygen atoms in total. The Morgan fingerprint density at radius 1 is 1.22 bits per heavy atom. The number of alkyl halides is 3. The van der Waals surface area contributed by atoms with Crippen molar-refractivity contribution in [2.24, 2.45) is 5.92 Å². The van der Waals surface area contributed by atoms with E-state index in [0.717, 1.165) is 5.56 Å². The summed E-state index contributed by atoms with van der Waals surface area (Å²) in [5.41, 5.74) is 0.969. The monoisotopic (exact) mass is 259 g/mol. The van der Waals surface area contributed by atoms with E-state index in [1.54, 1.807) is 0 Å². The minimum absolute atomic E-state index is 0.109. The van der Waals surface area contributed by atoms with E-state index in [-0.39, 0.29) is 6.04 Å². The van der Waals surface area contributed by atoms with Gasteiger partial charge in [0, 0.05) is 6.04 Å². The van der Waals surface area contributed by atoms with Gasteiger partial charge in [0.1, 0.15) is 0 Å². The molecule has 1 aromatic rings. The Hall–Kier alpha value is -1.07. The molecule has 2 rings (SSSR count). The molecule has 1 aromatic carbocycles. The molecule has 1 heterocycles. The molecule has 0 amide bonds. The van der Waals surface area contributed by atoms with Gasteiger partial charge in [-0.2, -0.15) is 13.2 Å². The Kier molecular flexibility index (Phi) is 3.92. The number of halogens is 3. The van der Waals surface area contributed by atoms with Crippen LogP contribution in [0.3, 0.4) is 0 Å². The fraction of sp³-hybridized carbons (Fsp3) is 0.538. The molecule has 2 N–H and O–H groups in total. The summed E-state index contributed by atoms with van der Waals surface area (Å²) < 4.78 is 37.5. The third kappa shape index (κ3) is 3.03. The van der Waals surface area contributed by atoms with Crippen molar-refractivity contribution < 1.29 is 18.3 Å². The summed E-state index contributed by atoms with van der Waals surface area (Å²) in [6.45, 7) is 0.497. The molecular formula is C13H16F3NO. The molecule has 1 aliphatic heterocycles. The third-order valence-corrected chi connectivity index (χ3v) is 3.43. The number of benzene rings is 1. The number of rotatable bonds is 2. The van der Waals surface area contributed by atoms with Gasteiger partial charge in [0.25, 0.3) is 0 Å². The minimum Gasteiger partial charge on any atom is -0.383 e. The zero-order chi connectivity index (χ0) is 13.2. The molecule has 3 atom stereocenters. The lowest BCUT2D eigenvalue weighted by atomic mass is 9.85. The van der Waals surface area contributed by atoms with Crippen molar-refractivity contribution >= 4 is 0 Å². The topological polar surface area (TPSA) is 32.3 Å². The molecule has 1 fully saturated rings. The van der Waals surface area contributed by atoms with Gasteiger partial charge in [-0.1, -0.05) is 30.3 Å². The van der Waals surface area contributed by atoms with Gasteiger partial charge < -0.3 is 10.4 Å². The van der Waals surface area contributed by atoms with E-state index in [1.807, 2.05) is 30.3 Å². The molecule has 0 radical (unpaired) electrons. The van der Waals surface area contributed by atoms with E-state index in [4.69, 9.17) is 0 Å². The molecule has 100 valence electrons.